The summed E-state index contributed by atoms with van der Waals surface area (Å²) in [6, 6.07) is 1.84. The Kier molecular flexibility index (Phi) is 2.51. The highest BCUT2D eigenvalue weighted by Crippen LogP contribution is 2.30. The zero-order chi connectivity index (χ0) is 14.4. The van der Waals surface area contributed by atoms with Gasteiger partial charge in [0.25, 0.3) is 0 Å². The number of nitrogens with two attached hydrogens (primary N) is 1. The third-order valence-electron chi connectivity index (χ3n) is 3.10. The number of anilines is 1. The number of aromatic nitrogens is 6. The molecule has 0 saturated carbocycles. The summed E-state index contributed by atoms with van der Waals surface area (Å²) in [5, 5.41) is 10.8. The van der Waals surface area contributed by atoms with Crippen LogP contribution in [-0.4, -0.2) is 30.1 Å². The molecule has 4 aromatic heterocycles. The van der Waals surface area contributed by atoms with Gasteiger partial charge in [-0.3, -0.25) is 5.10 Å². The van der Waals surface area contributed by atoms with Gasteiger partial charge < -0.3 is 10.7 Å². The van der Waals surface area contributed by atoms with Crippen molar-refractivity contribution < 1.29 is 0 Å². The third kappa shape index (κ3) is 1.96. The van der Waals surface area contributed by atoms with E-state index >= 15 is 0 Å². The van der Waals surface area contributed by atoms with Crippen LogP contribution in [0.1, 0.15) is 5.69 Å². The molecule has 4 aromatic rings. The van der Waals surface area contributed by atoms with E-state index < -0.39 is 0 Å². The highest BCUT2D eigenvalue weighted by molar-refractivity contribution is 7.13. The minimum Gasteiger partial charge on any atom is -0.397 e. The molecule has 0 saturated heterocycles. The quantitative estimate of drug-likeness (QED) is 0.526. The van der Waals surface area contributed by atoms with Crippen molar-refractivity contribution in [2.24, 2.45) is 0 Å². The maximum Gasteiger partial charge on any atom is 0.181 e. The number of hydrogen-bond acceptors (Lipinski definition) is 6. The summed E-state index contributed by atoms with van der Waals surface area (Å²) in [7, 11) is 0. The first-order valence-corrected chi connectivity index (χ1v) is 7.16. The molecule has 0 aliphatic heterocycles. The zero-order valence-electron chi connectivity index (χ0n) is 11.1. The third-order valence-corrected chi connectivity index (χ3v) is 3.95. The van der Waals surface area contributed by atoms with Crippen LogP contribution in [0.5, 0.6) is 0 Å². The van der Waals surface area contributed by atoms with E-state index in [1.807, 2.05) is 18.4 Å². The summed E-state index contributed by atoms with van der Waals surface area (Å²) in [6.45, 7) is 1.96. The van der Waals surface area contributed by atoms with Crippen LogP contribution >= 0.6 is 11.3 Å². The molecule has 0 fully saturated rings. The minimum atomic E-state index is 0.599. The summed E-state index contributed by atoms with van der Waals surface area (Å²) >= 11 is 1.52. The van der Waals surface area contributed by atoms with Crippen LogP contribution in [0, 0.1) is 6.92 Å². The molecule has 4 heterocycles. The molecule has 4 rings (SSSR count). The second-order valence-corrected chi connectivity index (χ2v) is 5.55. The van der Waals surface area contributed by atoms with Crippen LogP contribution in [0.15, 0.2) is 23.8 Å². The molecule has 0 aliphatic carbocycles. The molecule has 0 amide bonds. The predicted octanol–water partition coefficient (Wildman–Crippen LogP) is 2.36. The van der Waals surface area contributed by atoms with Gasteiger partial charge in [0.05, 0.1) is 23.0 Å². The Hall–Kier alpha value is -2.74. The van der Waals surface area contributed by atoms with Crippen molar-refractivity contribution in [2.45, 2.75) is 6.92 Å². The molecule has 0 atom stereocenters. The van der Waals surface area contributed by atoms with Crippen LogP contribution in [0.4, 0.5) is 5.69 Å². The number of thiazole rings is 1. The monoisotopic (exact) mass is 297 g/mol. The normalized spacial score (nSPS) is 11.3. The fourth-order valence-electron chi connectivity index (χ4n) is 2.13. The van der Waals surface area contributed by atoms with Crippen molar-refractivity contribution in [2.75, 3.05) is 5.73 Å². The molecule has 0 unspecified atom stereocenters. The van der Waals surface area contributed by atoms with Gasteiger partial charge in [-0.25, -0.2) is 15.0 Å². The maximum atomic E-state index is 5.79. The molecule has 0 bridgehead atoms. The number of H-pyrrole nitrogens is 2. The van der Waals surface area contributed by atoms with Crippen molar-refractivity contribution in [1.82, 2.24) is 30.1 Å². The molecular weight excluding hydrogens is 286 g/mol. The first kappa shape index (κ1) is 12.0. The van der Waals surface area contributed by atoms with Gasteiger partial charge >= 0.3 is 0 Å². The average Bonchev–Trinajstić information content (AvgIpc) is 3.16. The van der Waals surface area contributed by atoms with Crippen molar-refractivity contribution in [3.05, 3.63) is 29.5 Å². The number of imidazole rings is 1. The minimum absolute atomic E-state index is 0.599. The van der Waals surface area contributed by atoms with E-state index in [1.54, 1.807) is 12.4 Å². The van der Waals surface area contributed by atoms with E-state index in [0.29, 0.717) is 11.3 Å². The Morgan fingerprint density at radius 2 is 2.14 bits per heavy atom. The highest BCUT2D eigenvalue weighted by Gasteiger charge is 2.14. The van der Waals surface area contributed by atoms with Gasteiger partial charge in [0.2, 0.25) is 0 Å². The summed E-state index contributed by atoms with van der Waals surface area (Å²) in [4.78, 5) is 16.3. The highest BCUT2D eigenvalue weighted by atomic mass is 32.1. The summed E-state index contributed by atoms with van der Waals surface area (Å²) < 4.78 is 0. The van der Waals surface area contributed by atoms with Gasteiger partial charge in [-0.2, -0.15) is 5.10 Å². The van der Waals surface area contributed by atoms with Crippen molar-refractivity contribution in [3.63, 3.8) is 0 Å². The number of pyridine rings is 1. The number of nitrogen functional groups attached to an aromatic ring is 1. The lowest BCUT2D eigenvalue weighted by molar-refractivity contribution is 1.09. The average molecular weight is 297 g/mol. The number of rotatable bonds is 2. The molecule has 104 valence electrons. The van der Waals surface area contributed by atoms with E-state index in [1.165, 1.54) is 11.3 Å². The molecule has 0 radical (unpaired) electrons. The molecule has 0 aliphatic rings. The van der Waals surface area contributed by atoms with Gasteiger partial charge in [0, 0.05) is 17.3 Å². The van der Waals surface area contributed by atoms with E-state index in [4.69, 9.17) is 5.73 Å². The predicted molar refractivity (Wildman–Crippen MR) is 81.7 cm³/mol. The Bertz CT molecular complexity index is 933. The van der Waals surface area contributed by atoms with Gasteiger partial charge in [0.15, 0.2) is 16.5 Å². The van der Waals surface area contributed by atoms with Crippen LogP contribution in [0.3, 0.4) is 0 Å². The fourth-order valence-corrected chi connectivity index (χ4v) is 2.89. The zero-order valence-corrected chi connectivity index (χ0v) is 11.9. The summed E-state index contributed by atoms with van der Waals surface area (Å²) in [5.74, 6) is 0.769. The van der Waals surface area contributed by atoms with Crippen LogP contribution in [0.25, 0.3) is 33.3 Å². The number of nitrogens with one attached hydrogen (secondary N) is 2. The molecule has 8 heteroatoms. The van der Waals surface area contributed by atoms with Crippen molar-refractivity contribution in [3.8, 4) is 22.2 Å². The summed E-state index contributed by atoms with van der Waals surface area (Å²) in [5.41, 5.74) is 9.64. The molecule has 4 N–H and O–H groups in total. The Balaban J connectivity index is 1.82. The van der Waals surface area contributed by atoms with E-state index in [9.17, 15) is 0 Å². The Morgan fingerprint density at radius 1 is 1.24 bits per heavy atom. The molecular formula is C13H11N7S. The molecule has 0 spiro atoms. The Labute approximate surface area is 123 Å². The lowest BCUT2D eigenvalue weighted by Gasteiger charge is -1.94. The van der Waals surface area contributed by atoms with E-state index in [2.05, 4.69) is 30.1 Å². The van der Waals surface area contributed by atoms with Crippen LogP contribution in [-0.2, 0) is 0 Å². The van der Waals surface area contributed by atoms with Crippen molar-refractivity contribution in [1.29, 1.82) is 0 Å². The maximum absolute atomic E-state index is 5.79. The van der Waals surface area contributed by atoms with Gasteiger partial charge in [-0.15, -0.1) is 11.3 Å². The van der Waals surface area contributed by atoms with Crippen molar-refractivity contribution >= 4 is 28.1 Å². The molecule has 21 heavy (non-hydrogen) atoms. The van der Waals surface area contributed by atoms with Gasteiger partial charge in [-0.05, 0) is 13.0 Å². The van der Waals surface area contributed by atoms with E-state index in [0.717, 1.165) is 33.3 Å². The van der Waals surface area contributed by atoms with Gasteiger partial charge in [-0.1, -0.05) is 0 Å². The SMILES string of the molecule is Cc1cnc(-c2nc(-c3[nH]nc4ncc(N)cc34)cs2)[nH]1. The lowest BCUT2D eigenvalue weighted by atomic mass is 10.2. The van der Waals surface area contributed by atoms with E-state index in [-0.39, 0.29) is 0 Å². The van der Waals surface area contributed by atoms with Crippen LogP contribution < -0.4 is 5.73 Å². The first-order valence-electron chi connectivity index (χ1n) is 6.28. The second-order valence-electron chi connectivity index (χ2n) is 4.69. The topological polar surface area (TPSA) is 109 Å². The number of aromatic amines is 2. The fraction of sp³-hybridized carbons (Fsp3) is 0.0769. The smallest absolute Gasteiger partial charge is 0.181 e. The number of fused-ring (bicyclic) bond motifs is 1. The number of hydrogen-bond donors (Lipinski definition) is 3. The lowest BCUT2D eigenvalue weighted by Crippen LogP contribution is -1.86. The van der Waals surface area contributed by atoms with Crippen LogP contribution in [0.2, 0.25) is 0 Å². The molecule has 7 nitrogen and oxygen atoms in total. The standard InChI is InChI=1S/C13H11N7S/c1-6-3-15-12(17-6)13-18-9(5-21-13)10-8-2-7(14)4-16-11(8)20-19-10/h2-5H,14H2,1H3,(H,15,17)(H,16,19,20). The largest absolute Gasteiger partial charge is 0.397 e. The summed E-state index contributed by atoms with van der Waals surface area (Å²) in [6.07, 6.45) is 3.37. The van der Waals surface area contributed by atoms with Gasteiger partial charge in [0.1, 0.15) is 5.69 Å². The molecule has 0 aromatic carbocycles. The number of aryl methyl sites for hydroxylation is 1. The second kappa shape index (κ2) is 4.38. The number of nitrogens with zero attached hydrogens (tertiary/aromatic N) is 4. The Morgan fingerprint density at radius 3 is 2.95 bits per heavy atom. The first-order chi connectivity index (χ1) is 10.2.